The zero-order valence-electron chi connectivity index (χ0n) is 5.11. The Morgan fingerprint density at radius 1 is 1.88 bits per heavy atom. The summed E-state index contributed by atoms with van der Waals surface area (Å²) in [5.41, 5.74) is 1.41. The van der Waals surface area contributed by atoms with Gasteiger partial charge in [-0.2, -0.15) is 0 Å². The van der Waals surface area contributed by atoms with Crippen LogP contribution in [0.4, 0.5) is 0 Å². The highest BCUT2D eigenvalue weighted by Gasteiger charge is 1.99. The Morgan fingerprint density at radius 2 is 2.75 bits per heavy atom. The minimum atomic E-state index is 1.08. The summed E-state index contributed by atoms with van der Waals surface area (Å²) in [5.74, 6) is 1.08. The van der Waals surface area contributed by atoms with Crippen molar-refractivity contribution in [2.24, 2.45) is 0 Å². The van der Waals surface area contributed by atoms with E-state index in [9.17, 15) is 0 Å². The van der Waals surface area contributed by atoms with Crippen LogP contribution in [0.1, 0.15) is 19.8 Å². The van der Waals surface area contributed by atoms with Crippen LogP contribution in [0.3, 0.4) is 0 Å². The Hall–Kier alpha value is -0.110. The predicted octanol–water partition coefficient (Wildman–Crippen LogP) is 1.92. The smallest absolute Gasteiger partial charge is 0.0649 e. The number of nitrogens with one attached hydrogen (secondary N) is 1. The second-order valence-corrected chi connectivity index (χ2v) is 2.74. The Balaban J connectivity index is 2.23. The van der Waals surface area contributed by atoms with Gasteiger partial charge in [0.05, 0.1) is 5.88 Å². The van der Waals surface area contributed by atoms with E-state index in [0.717, 1.165) is 5.88 Å². The molecule has 0 aromatic rings. The second-order valence-electron chi connectivity index (χ2n) is 1.88. The fourth-order valence-electron chi connectivity index (χ4n) is 0.735. The lowest BCUT2D eigenvalue weighted by molar-refractivity contribution is 0.818. The largest absolute Gasteiger partial charge is 0.379 e. The fourth-order valence-corrected chi connectivity index (χ4v) is 1.49. The lowest BCUT2D eigenvalue weighted by Crippen LogP contribution is -2.05. The number of rotatable bonds is 2. The first-order valence-corrected chi connectivity index (χ1v) is 4.03. The molecule has 0 bridgehead atoms. The number of hydrogen-bond acceptors (Lipinski definition) is 2. The number of hydrogen-bond donors (Lipinski definition) is 1. The summed E-state index contributed by atoms with van der Waals surface area (Å²) in [4.78, 5) is 0. The van der Waals surface area contributed by atoms with Gasteiger partial charge in [-0.25, -0.2) is 0 Å². The molecule has 46 valence electrons. The molecule has 0 radical (unpaired) electrons. The molecule has 1 nitrogen and oxygen atoms in total. The summed E-state index contributed by atoms with van der Waals surface area (Å²) >= 11 is 1.85. The van der Waals surface area contributed by atoms with Gasteiger partial charge in [0.2, 0.25) is 0 Å². The first kappa shape index (κ1) is 6.02. The Labute approximate surface area is 54.5 Å². The standard InChI is InChI=1S/C6H11NS/c1-2-3-6-4-8-5-7-6/h4,7H,2-3,5H2,1H3. The average molecular weight is 129 g/mol. The van der Waals surface area contributed by atoms with Crippen LogP contribution in [0.2, 0.25) is 0 Å². The summed E-state index contributed by atoms with van der Waals surface area (Å²) in [6.45, 7) is 2.20. The van der Waals surface area contributed by atoms with Crippen molar-refractivity contribution in [1.29, 1.82) is 0 Å². The van der Waals surface area contributed by atoms with Crippen molar-refractivity contribution in [3.05, 3.63) is 11.1 Å². The molecule has 0 aliphatic carbocycles. The van der Waals surface area contributed by atoms with E-state index in [2.05, 4.69) is 17.6 Å². The van der Waals surface area contributed by atoms with Crippen LogP contribution in [-0.4, -0.2) is 5.88 Å². The van der Waals surface area contributed by atoms with E-state index < -0.39 is 0 Å². The molecule has 0 atom stereocenters. The quantitative estimate of drug-likeness (QED) is 0.611. The maximum Gasteiger partial charge on any atom is 0.0649 e. The molecule has 0 spiro atoms. The van der Waals surface area contributed by atoms with Gasteiger partial charge in [0.1, 0.15) is 0 Å². The first-order valence-electron chi connectivity index (χ1n) is 2.98. The predicted molar refractivity (Wildman–Crippen MR) is 38.6 cm³/mol. The molecular formula is C6H11NS. The highest BCUT2D eigenvalue weighted by Crippen LogP contribution is 2.15. The first-order chi connectivity index (χ1) is 3.93. The molecule has 0 fully saturated rings. The summed E-state index contributed by atoms with van der Waals surface area (Å²) in [6, 6.07) is 0. The normalized spacial score (nSPS) is 17.9. The molecule has 0 unspecified atom stereocenters. The molecule has 1 heterocycles. The van der Waals surface area contributed by atoms with E-state index >= 15 is 0 Å². The van der Waals surface area contributed by atoms with Crippen LogP contribution in [0, 0.1) is 0 Å². The van der Waals surface area contributed by atoms with Crippen molar-refractivity contribution in [3.63, 3.8) is 0 Å². The molecule has 1 aliphatic heterocycles. The monoisotopic (exact) mass is 129 g/mol. The van der Waals surface area contributed by atoms with Crippen molar-refractivity contribution < 1.29 is 0 Å². The van der Waals surface area contributed by atoms with Gasteiger partial charge in [0.15, 0.2) is 0 Å². The molecule has 8 heavy (non-hydrogen) atoms. The Morgan fingerprint density at radius 3 is 3.25 bits per heavy atom. The van der Waals surface area contributed by atoms with Crippen molar-refractivity contribution in [3.8, 4) is 0 Å². The lowest BCUT2D eigenvalue weighted by atomic mass is 10.3. The lowest BCUT2D eigenvalue weighted by Gasteiger charge is -1.97. The summed E-state index contributed by atoms with van der Waals surface area (Å²) in [6.07, 6.45) is 2.46. The van der Waals surface area contributed by atoms with Crippen LogP contribution in [0.15, 0.2) is 11.1 Å². The van der Waals surface area contributed by atoms with Gasteiger partial charge in [0.25, 0.3) is 0 Å². The van der Waals surface area contributed by atoms with Crippen LogP contribution >= 0.6 is 11.8 Å². The minimum Gasteiger partial charge on any atom is -0.379 e. The molecule has 2 heteroatoms. The zero-order valence-corrected chi connectivity index (χ0v) is 5.92. The minimum absolute atomic E-state index is 1.08. The highest BCUT2D eigenvalue weighted by atomic mass is 32.2. The highest BCUT2D eigenvalue weighted by molar-refractivity contribution is 8.02. The number of allylic oxidation sites excluding steroid dienone is 1. The maximum absolute atomic E-state index is 3.28. The third-order valence-corrected chi connectivity index (χ3v) is 1.89. The molecule has 0 saturated heterocycles. The van der Waals surface area contributed by atoms with E-state index in [0.29, 0.717) is 0 Å². The van der Waals surface area contributed by atoms with Gasteiger partial charge in [-0.1, -0.05) is 13.3 Å². The average Bonchev–Trinajstić information content (AvgIpc) is 2.19. The summed E-state index contributed by atoms with van der Waals surface area (Å²) in [5, 5.41) is 5.49. The molecular weight excluding hydrogens is 118 g/mol. The third kappa shape index (κ3) is 1.44. The van der Waals surface area contributed by atoms with Crippen LogP contribution in [0.5, 0.6) is 0 Å². The summed E-state index contributed by atoms with van der Waals surface area (Å²) < 4.78 is 0. The van der Waals surface area contributed by atoms with Gasteiger partial charge < -0.3 is 5.32 Å². The van der Waals surface area contributed by atoms with Gasteiger partial charge in [-0.3, -0.25) is 0 Å². The van der Waals surface area contributed by atoms with Crippen LogP contribution < -0.4 is 5.32 Å². The number of thioether (sulfide) groups is 1. The zero-order chi connectivity index (χ0) is 5.82. The van der Waals surface area contributed by atoms with E-state index in [1.165, 1.54) is 18.5 Å². The topological polar surface area (TPSA) is 12.0 Å². The molecule has 0 aromatic carbocycles. The molecule has 0 aromatic heterocycles. The van der Waals surface area contributed by atoms with Crippen molar-refractivity contribution in [2.45, 2.75) is 19.8 Å². The summed E-state index contributed by atoms with van der Waals surface area (Å²) in [7, 11) is 0. The van der Waals surface area contributed by atoms with Crippen molar-refractivity contribution in [2.75, 3.05) is 5.88 Å². The third-order valence-electron chi connectivity index (χ3n) is 1.13. The van der Waals surface area contributed by atoms with E-state index in [-0.39, 0.29) is 0 Å². The maximum atomic E-state index is 3.28. The molecule has 0 amide bonds. The SMILES string of the molecule is CCCC1=CSCN1. The molecule has 1 N–H and O–H groups in total. The van der Waals surface area contributed by atoms with Gasteiger partial charge in [-0.15, -0.1) is 11.8 Å². The Kier molecular flexibility index (Phi) is 2.27. The van der Waals surface area contributed by atoms with Crippen LogP contribution in [0.25, 0.3) is 0 Å². The molecule has 0 saturated carbocycles. The van der Waals surface area contributed by atoms with E-state index in [4.69, 9.17) is 0 Å². The van der Waals surface area contributed by atoms with Gasteiger partial charge in [0, 0.05) is 5.70 Å². The fraction of sp³-hybridized carbons (Fsp3) is 0.667. The van der Waals surface area contributed by atoms with E-state index in [1.54, 1.807) is 0 Å². The van der Waals surface area contributed by atoms with E-state index in [1.807, 2.05) is 11.8 Å². The Bertz CT molecular complexity index is 98.7. The molecule has 1 aliphatic rings. The molecule has 1 rings (SSSR count). The van der Waals surface area contributed by atoms with Gasteiger partial charge >= 0.3 is 0 Å². The van der Waals surface area contributed by atoms with Crippen molar-refractivity contribution >= 4 is 11.8 Å². The second kappa shape index (κ2) is 3.02. The van der Waals surface area contributed by atoms with Gasteiger partial charge in [-0.05, 0) is 11.8 Å². The van der Waals surface area contributed by atoms with Crippen molar-refractivity contribution in [1.82, 2.24) is 5.32 Å². The van der Waals surface area contributed by atoms with Crippen LogP contribution in [-0.2, 0) is 0 Å².